The minimum absolute atomic E-state index is 0. The first-order chi connectivity index (χ1) is 2.56. The van der Waals surface area contributed by atoms with Crippen LogP contribution in [0.25, 0.3) is 0 Å². The molecule has 0 aliphatic rings. The summed E-state index contributed by atoms with van der Waals surface area (Å²) in [5, 5.41) is 14.3. The molecule has 0 aliphatic heterocycles. The quantitative estimate of drug-likeness (QED) is 0.367. The van der Waals surface area contributed by atoms with Crippen LogP contribution in [0, 0.1) is 0 Å². The van der Waals surface area contributed by atoms with Crippen LogP contribution >= 0.6 is 11.6 Å². The zero-order valence-corrected chi connectivity index (χ0v) is 4.74. The lowest BCUT2D eigenvalue weighted by molar-refractivity contribution is -0.0857. The van der Waals surface area contributed by atoms with Crippen LogP contribution in [-0.2, 0) is 0 Å². The van der Waals surface area contributed by atoms with E-state index in [1.54, 1.807) is 6.92 Å². The second kappa shape index (κ2) is 3.21. The van der Waals surface area contributed by atoms with Crippen molar-refractivity contribution >= 4 is 11.6 Å². The van der Waals surface area contributed by atoms with Crippen molar-refractivity contribution in [2.75, 3.05) is 0 Å². The molecular weight excluding hydrogens is 119 g/mol. The summed E-state index contributed by atoms with van der Waals surface area (Å²) in [5.41, 5.74) is 0. The molecule has 7 heavy (non-hydrogen) atoms. The molecule has 3 nitrogen and oxygen atoms in total. The van der Waals surface area contributed by atoms with Crippen LogP contribution in [-0.4, -0.2) is 20.9 Å². The van der Waals surface area contributed by atoms with Gasteiger partial charge in [-0.25, -0.2) is 0 Å². The molecule has 46 valence electrons. The normalized spacial score (nSPS) is 10.3. The van der Waals surface area contributed by atoms with E-state index >= 15 is 0 Å². The number of hydrogen-bond donors (Lipinski definition) is 2. The molecule has 0 unspecified atom stereocenters. The van der Waals surface area contributed by atoms with E-state index in [-0.39, 0.29) is 11.9 Å². The minimum Gasteiger partial charge on any atom is -0.412 e. The summed E-state index contributed by atoms with van der Waals surface area (Å²) in [6.45, 7) is 1.58. The lowest BCUT2D eigenvalue weighted by atomic mass is 10.5. The summed E-state index contributed by atoms with van der Waals surface area (Å²) in [4.78, 5) is 0. The SMILES string of the molecule is CCC(O)(O)Cl.O. The Kier molecular flexibility index (Phi) is 4.68. The molecule has 0 saturated carbocycles. The molecule has 0 aromatic carbocycles. The van der Waals surface area contributed by atoms with Gasteiger partial charge in [0.15, 0.2) is 0 Å². The average molecular weight is 129 g/mol. The van der Waals surface area contributed by atoms with Gasteiger partial charge in [0.05, 0.1) is 0 Å². The predicted molar refractivity (Wildman–Crippen MR) is 26.9 cm³/mol. The summed E-state index contributed by atoms with van der Waals surface area (Å²) < 4.78 is 0. The minimum atomic E-state index is -1.99. The fourth-order valence-corrected chi connectivity index (χ4v) is 0. The van der Waals surface area contributed by atoms with Crippen LogP contribution < -0.4 is 0 Å². The van der Waals surface area contributed by atoms with Crippen LogP contribution in [0.4, 0.5) is 0 Å². The lowest BCUT2D eigenvalue weighted by Gasteiger charge is -2.06. The van der Waals surface area contributed by atoms with Crippen molar-refractivity contribution < 1.29 is 15.7 Å². The van der Waals surface area contributed by atoms with Gasteiger partial charge in [-0.1, -0.05) is 18.5 Å². The van der Waals surface area contributed by atoms with Gasteiger partial charge in [0.1, 0.15) is 0 Å². The van der Waals surface area contributed by atoms with Crippen molar-refractivity contribution in [2.24, 2.45) is 0 Å². The molecule has 0 heterocycles. The van der Waals surface area contributed by atoms with E-state index in [1.165, 1.54) is 0 Å². The molecule has 0 amide bonds. The molecule has 0 spiro atoms. The maximum Gasteiger partial charge on any atom is 0.243 e. The Morgan fingerprint density at radius 1 is 1.57 bits per heavy atom. The smallest absolute Gasteiger partial charge is 0.243 e. The van der Waals surface area contributed by atoms with E-state index in [4.69, 9.17) is 21.8 Å². The van der Waals surface area contributed by atoms with Gasteiger partial charge >= 0.3 is 0 Å². The van der Waals surface area contributed by atoms with Crippen molar-refractivity contribution in [3.63, 3.8) is 0 Å². The van der Waals surface area contributed by atoms with Crippen molar-refractivity contribution in [3.8, 4) is 0 Å². The van der Waals surface area contributed by atoms with Crippen LogP contribution in [0.5, 0.6) is 0 Å². The predicted octanol–water partition coefficient (Wildman–Crippen LogP) is -0.551. The average Bonchev–Trinajstić information content (AvgIpc) is 1.35. The largest absolute Gasteiger partial charge is 0.412 e. The fraction of sp³-hybridized carbons (Fsp3) is 1.00. The molecule has 0 atom stereocenters. The molecule has 4 N–H and O–H groups in total. The van der Waals surface area contributed by atoms with E-state index < -0.39 is 5.25 Å². The maximum absolute atomic E-state index is 8.15. The van der Waals surface area contributed by atoms with Crippen LogP contribution in [0.1, 0.15) is 13.3 Å². The van der Waals surface area contributed by atoms with E-state index in [9.17, 15) is 0 Å². The van der Waals surface area contributed by atoms with Crippen molar-refractivity contribution in [1.29, 1.82) is 0 Å². The van der Waals surface area contributed by atoms with Gasteiger partial charge in [0, 0.05) is 6.42 Å². The Morgan fingerprint density at radius 2 is 1.71 bits per heavy atom. The summed E-state index contributed by atoms with van der Waals surface area (Å²) in [6, 6.07) is 0. The lowest BCUT2D eigenvalue weighted by Crippen LogP contribution is -2.16. The topological polar surface area (TPSA) is 72.0 Å². The van der Waals surface area contributed by atoms with E-state index in [2.05, 4.69) is 0 Å². The molecular formula is C3H9ClO3. The molecule has 0 aromatic heterocycles. The fourth-order valence-electron chi connectivity index (χ4n) is 0. The maximum atomic E-state index is 8.15. The molecule has 4 heteroatoms. The first-order valence-electron chi connectivity index (χ1n) is 1.70. The first-order valence-corrected chi connectivity index (χ1v) is 2.07. The highest BCUT2D eigenvalue weighted by Gasteiger charge is 2.12. The highest BCUT2D eigenvalue weighted by Crippen LogP contribution is 2.08. The highest BCUT2D eigenvalue weighted by molar-refractivity contribution is 6.21. The van der Waals surface area contributed by atoms with Crippen LogP contribution in [0.3, 0.4) is 0 Å². The van der Waals surface area contributed by atoms with Gasteiger partial charge in [0.25, 0.3) is 0 Å². The molecule has 0 rings (SSSR count). The third-order valence-corrected chi connectivity index (χ3v) is 0.717. The summed E-state index contributed by atoms with van der Waals surface area (Å²) in [5.74, 6) is 0. The van der Waals surface area contributed by atoms with Gasteiger partial charge in [-0.2, -0.15) is 0 Å². The second-order valence-corrected chi connectivity index (χ2v) is 1.68. The van der Waals surface area contributed by atoms with Crippen molar-refractivity contribution in [2.45, 2.75) is 18.6 Å². The van der Waals surface area contributed by atoms with E-state index in [0.717, 1.165) is 0 Å². The Labute approximate surface area is 46.8 Å². The zero-order valence-electron chi connectivity index (χ0n) is 3.98. The van der Waals surface area contributed by atoms with Gasteiger partial charge < -0.3 is 15.7 Å². The summed E-state index contributed by atoms with van der Waals surface area (Å²) in [7, 11) is 0. The third-order valence-electron chi connectivity index (χ3n) is 0.450. The van der Waals surface area contributed by atoms with Crippen molar-refractivity contribution in [1.82, 2.24) is 0 Å². The number of rotatable bonds is 1. The summed E-state index contributed by atoms with van der Waals surface area (Å²) in [6.07, 6.45) is 0.147. The molecule has 0 aliphatic carbocycles. The first kappa shape index (κ1) is 10.2. The summed E-state index contributed by atoms with van der Waals surface area (Å²) >= 11 is 4.83. The highest BCUT2D eigenvalue weighted by atomic mass is 35.5. The third kappa shape index (κ3) is 10.7. The Balaban J connectivity index is 0. The van der Waals surface area contributed by atoms with E-state index in [0.29, 0.717) is 0 Å². The standard InChI is InChI=1S/C3H7ClO2.H2O/c1-2-3(4,5)6;/h5-6H,2H2,1H3;1H2. The molecule has 0 saturated heterocycles. The molecule has 0 fully saturated rings. The van der Waals surface area contributed by atoms with Gasteiger partial charge in [-0.3, -0.25) is 0 Å². The van der Waals surface area contributed by atoms with Crippen LogP contribution in [0.2, 0.25) is 0 Å². The Morgan fingerprint density at radius 3 is 1.71 bits per heavy atom. The van der Waals surface area contributed by atoms with Gasteiger partial charge in [-0.15, -0.1) is 0 Å². The van der Waals surface area contributed by atoms with Crippen LogP contribution in [0.15, 0.2) is 0 Å². The monoisotopic (exact) mass is 128 g/mol. The van der Waals surface area contributed by atoms with Crippen molar-refractivity contribution in [3.05, 3.63) is 0 Å². The number of aliphatic hydroxyl groups is 2. The zero-order chi connectivity index (χ0) is 5.21. The second-order valence-electron chi connectivity index (χ2n) is 1.07. The molecule has 0 bridgehead atoms. The molecule has 0 aromatic rings. The van der Waals surface area contributed by atoms with Gasteiger partial charge in [0.2, 0.25) is 5.25 Å². The Bertz CT molecular complexity index is 39.9. The van der Waals surface area contributed by atoms with E-state index in [1.807, 2.05) is 0 Å². The molecule has 0 radical (unpaired) electrons. The number of halogens is 1. The number of hydrogen-bond acceptors (Lipinski definition) is 2. The number of alkyl halides is 1. The van der Waals surface area contributed by atoms with Gasteiger partial charge in [-0.05, 0) is 0 Å². The Hall–Kier alpha value is 0.170.